The minimum Gasteiger partial charge on any atom is -0.423 e. The number of hydrogen-bond acceptors (Lipinski definition) is 4. The van der Waals surface area contributed by atoms with Crippen LogP contribution in [0.5, 0.6) is 5.75 Å². The molecule has 0 spiro atoms. The zero-order valence-corrected chi connectivity index (χ0v) is 14.5. The molecule has 0 bridgehead atoms. The largest absolute Gasteiger partial charge is 0.423 e. The van der Waals surface area contributed by atoms with E-state index in [0.29, 0.717) is 11.3 Å². The monoisotopic (exact) mass is 358 g/mol. The fourth-order valence-corrected chi connectivity index (χ4v) is 2.36. The molecule has 3 rings (SSSR count). The average molecular weight is 358 g/mol. The number of nitrogens with one attached hydrogen (secondary N) is 1. The van der Waals surface area contributed by atoms with E-state index in [1.54, 1.807) is 48.5 Å². The molecule has 0 atom stereocenters. The maximum absolute atomic E-state index is 12.0. The van der Waals surface area contributed by atoms with Gasteiger partial charge in [-0.2, -0.15) is 5.10 Å². The van der Waals surface area contributed by atoms with Crippen LogP contribution in [0.15, 0.2) is 90.0 Å². The van der Waals surface area contributed by atoms with Gasteiger partial charge in [0.15, 0.2) is 0 Å². The van der Waals surface area contributed by atoms with Crippen LogP contribution in [0.1, 0.15) is 21.5 Å². The lowest BCUT2D eigenvalue weighted by Crippen LogP contribution is -2.19. The first-order chi connectivity index (χ1) is 13.2. The second-order valence-corrected chi connectivity index (χ2v) is 5.78. The van der Waals surface area contributed by atoms with Crippen LogP contribution in [0.3, 0.4) is 0 Å². The van der Waals surface area contributed by atoms with Crippen LogP contribution in [-0.2, 0) is 11.2 Å². The average Bonchev–Trinajstić information content (AvgIpc) is 2.71. The number of rotatable bonds is 6. The normalized spacial score (nSPS) is 10.5. The molecule has 0 saturated carbocycles. The van der Waals surface area contributed by atoms with Gasteiger partial charge in [0.2, 0.25) is 5.91 Å². The van der Waals surface area contributed by atoms with E-state index in [1.165, 1.54) is 6.21 Å². The molecule has 0 aromatic heterocycles. The number of carbonyl (C=O) groups excluding carboxylic acids is 2. The molecule has 1 N–H and O–H groups in total. The van der Waals surface area contributed by atoms with Gasteiger partial charge < -0.3 is 4.74 Å². The first-order valence-electron chi connectivity index (χ1n) is 8.44. The first kappa shape index (κ1) is 18.1. The summed E-state index contributed by atoms with van der Waals surface area (Å²) in [5, 5.41) is 3.94. The SMILES string of the molecule is O=C(Cc1ccccc1)NN=Cc1ccc(OC(=O)c2ccccc2)cc1. The molecule has 3 aromatic rings. The molecule has 0 heterocycles. The van der Waals surface area contributed by atoms with E-state index in [1.807, 2.05) is 36.4 Å². The summed E-state index contributed by atoms with van der Waals surface area (Å²) in [5.41, 5.74) is 4.68. The Bertz CT molecular complexity index is 921. The third-order valence-corrected chi connectivity index (χ3v) is 3.71. The van der Waals surface area contributed by atoms with E-state index in [2.05, 4.69) is 10.5 Å². The molecule has 1 amide bonds. The van der Waals surface area contributed by atoms with Crippen molar-refractivity contribution in [3.8, 4) is 5.75 Å². The Hall–Kier alpha value is -3.73. The van der Waals surface area contributed by atoms with Crippen molar-refractivity contribution in [2.75, 3.05) is 0 Å². The summed E-state index contributed by atoms with van der Waals surface area (Å²) < 4.78 is 5.31. The van der Waals surface area contributed by atoms with E-state index in [9.17, 15) is 9.59 Å². The third kappa shape index (κ3) is 5.64. The van der Waals surface area contributed by atoms with Gasteiger partial charge in [0.25, 0.3) is 0 Å². The fourth-order valence-electron chi connectivity index (χ4n) is 2.36. The van der Waals surface area contributed by atoms with E-state index in [-0.39, 0.29) is 12.3 Å². The Morgan fingerprint density at radius 2 is 1.48 bits per heavy atom. The van der Waals surface area contributed by atoms with Crippen LogP contribution in [0.2, 0.25) is 0 Å². The Kier molecular flexibility index (Phi) is 6.09. The second-order valence-electron chi connectivity index (χ2n) is 5.78. The highest BCUT2D eigenvalue weighted by atomic mass is 16.5. The van der Waals surface area contributed by atoms with E-state index in [0.717, 1.165) is 11.1 Å². The number of ether oxygens (including phenoxy) is 1. The maximum Gasteiger partial charge on any atom is 0.343 e. The highest BCUT2D eigenvalue weighted by molar-refractivity contribution is 5.91. The first-order valence-corrected chi connectivity index (χ1v) is 8.44. The summed E-state index contributed by atoms with van der Waals surface area (Å²) in [6.07, 6.45) is 1.80. The van der Waals surface area contributed by atoms with Gasteiger partial charge in [-0.05, 0) is 47.5 Å². The standard InChI is InChI=1S/C22H18N2O3/c25-21(15-17-7-3-1-4-8-17)24-23-16-18-11-13-20(14-12-18)27-22(26)19-9-5-2-6-10-19/h1-14,16H,15H2,(H,24,25). The Morgan fingerprint density at radius 3 is 2.15 bits per heavy atom. The van der Waals surface area contributed by atoms with Crippen LogP contribution in [0.4, 0.5) is 0 Å². The molecule has 5 nitrogen and oxygen atoms in total. The van der Waals surface area contributed by atoms with Crippen LogP contribution >= 0.6 is 0 Å². The Balaban J connectivity index is 1.50. The molecule has 5 heteroatoms. The van der Waals surface area contributed by atoms with Crippen LogP contribution in [-0.4, -0.2) is 18.1 Å². The van der Waals surface area contributed by atoms with Crippen LogP contribution in [0, 0.1) is 0 Å². The van der Waals surface area contributed by atoms with Gasteiger partial charge in [0.1, 0.15) is 5.75 Å². The summed E-state index contributed by atoms with van der Waals surface area (Å²) in [4.78, 5) is 23.8. The number of hydrazone groups is 1. The van der Waals surface area contributed by atoms with Crippen molar-refractivity contribution in [2.45, 2.75) is 6.42 Å². The quantitative estimate of drug-likeness (QED) is 0.317. The summed E-state index contributed by atoms with van der Waals surface area (Å²) in [6.45, 7) is 0. The predicted molar refractivity (Wildman–Crippen MR) is 104 cm³/mol. The van der Waals surface area contributed by atoms with E-state index < -0.39 is 5.97 Å². The van der Waals surface area contributed by atoms with Crippen molar-refractivity contribution in [1.29, 1.82) is 0 Å². The van der Waals surface area contributed by atoms with Crippen LogP contribution < -0.4 is 10.2 Å². The van der Waals surface area contributed by atoms with Gasteiger partial charge in [-0.15, -0.1) is 0 Å². The molecule has 0 aliphatic carbocycles. The highest BCUT2D eigenvalue weighted by Crippen LogP contribution is 2.13. The number of benzene rings is 3. The minimum atomic E-state index is -0.412. The molecule has 0 aliphatic heterocycles. The molecule has 0 saturated heterocycles. The lowest BCUT2D eigenvalue weighted by atomic mass is 10.1. The lowest BCUT2D eigenvalue weighted by Gasteiger charge is -2.04. The fraction of sp³-hybridized carbons (Fsp3) is 0.0455. The van der Waals surface area contributed by atoms with Crippen molar-refractivity contribution in [1.82, 2.24) is 5.43 Å². The summed E-state index contributed by atoms with van der Waals surface area (Å²) >= 11 is 0. The predicted octanol–water partition coefficient (Wildman–Crippen LogP) is 3.60. The van der Waals surface area contributed by atoms with Gasteiger partial charge in [0, 0.05) is 0 Å². The molecular weight excluding hydrogens is 340 g/mol. The summed E-state index contributed by atoms with van der Waals surface area (Å²) in [7, 11) is 0. The van der Waals surface area contributed by atoms with Gasteiger partial charge in [-0.25, -0.2) is 10.2 Å². The van der Waals surface area contributed by atoms with Crippen molar-refractivity contribution in [3.05, 3.63) is 102 Å². The molecular formula is C22H18N2O3. The number of hydrogen-bond donors (Lipinski definition) is 1. The Labute approximate surface area is 157 Å². The molecule has 27 heavy (non-hydrogen) atoms. The van der Waals surface area contributed by atoms with Gasteiger partial charge >= 0.3 is 5.97 Å². The van der Waals surface area contributed by atoms with Crippen molar-refractivity contribution in [2.24, 2.45) is 5.10 Å². The second kappa shape index (κ2) is 9.10. The molecule has 3 aromatic carbocycles. The minimum absolute atomic E-state index is 0.189. The summed E-state index contributed by atoms with van der Waals surface area (Å²) in [6, 6.07) is 25.1. The molecule has 0 fully saturated rings. The summed E-state index contributed by atoms with van der Waals surface area (Å²) in [5.74, 6) is -0.162. The topological polar surface area (TPSA) is 67.8 Å². The zero-order valence-electron chi connectivity index (χ0n) is 14.5. The molecule has 0 aliphatic rings. The van der Waals surface area contributed by atoms with Crippen molar-refractivity contribution in [3.63, 3.8) is 0 Å². The zero-order chi connectivity index (χ0) is 18.9. The lowest BCUT2D eigenvalue weighted by molar-refractivity contribution is -0.120. The maximum atomic E-state index is 12.0. The highest BCUT2D eigenvalue weighted by Gasteiger charge is 2.07. The molecule has 0 radical (unpaired) electrons. The van der Waals surface area contributed by atoms with Crippen LogP contribution in [0.25, 0.3) is 0 Å². The van der Waals surface area contributed by atoms with Gasteiger partial charge in [0.05, 0.1) is 18.2 Å². The van der Waals surface area contributed by atoms with Crippen molar-refractivity contribution < 1.29 is 14.3 Å². The number of esters is 1. The molecule has 134 valence electrons. The van der Waals surface area contributed by atoms with Gasteiger partial charge in [-0.1, -0.05) is 48.5 Å². The van der Waals surface area contributed by atoms with Gasteiger partial charge in [-0.3, -0.25) is 4.79 Å². The molecule has 0 unspecified atom stereocenters. The third-order valence-electron chi connectivity index (χ3n) is 3.71. The van der Waals surface area contributed by atoms with E-state index >= 15 is 0 Å². The number of amides is 1. The number of carbonyl (C=O) groups is 2. The Morgan fingerprint density at radius 1 is 0.852 bits per heavy atom. The van der Waals surface area contributed by atoms with Crippen molar-refractivity contribution >= 4 is 18.1 Å². The smallest absolute Gasteiger partial charge is 0.343 e. The number of nitrogens with zero attached hydrogens (tertiary/aromatic N) is 1. The van der Waals surface area contributed by atoms with E-state index in [4.69, 9.17) is 4.74 Å².